The van der Waals surface area contributed by atoms with Crippen LogP contribution in [0.3, 0.4) is 0 Å². The molecule has 0 saturated heterocycles. The Hall–Kier alpha value is -2.77. The normalized spacial score (nSPS) is 12.3. The average molecular weight is 538 g/mol. The van der Waals surface area contributed by atoms with Gasteiger partial charge in [-0.2, -0.15) is 8.42 Å². The van der Waals surface area contributed by atoms with E-state index in [1.165, 1.54) is 43.2 Å². The summed E-state index contributed by atoms with van der Waals surface area (Å²) in [7, 11) is -2.65. The van der Waals surface area contributed by atoms with Crippen LogP contribution in [0.1, 0.15) is 16.0 Å². The first kappa shape index (κ1) is 25.8. The molecule has 0 spiro atoms. The summed E-state index contributed by atoms with van der Waals surface area (Å²) >= 11 is 8.52. The summed E-state index contributed by atoms with van der Waals surface area (Å²) in [6.45, 7) is 1.71. The van der Waals surface area contributed by atoms with Crippen molar-refractivity contribution in [3.63, 3.8) is 0 Å². The van der Waals surface area contributed by atoms with Crippen LogP contribution in [-0.4, -0.2) is 32.6 Å². The number of nitrogens with zero attached hydrogens (tertiary/aromatic N) is 3. The maximum Gasteiger partial charge on any atom is 0.324 e. The van der Waals surface area contributed by atoms with Crippen LogP contribution in [0.4, 0.5) is 5.00 Å². The van der Waals surface area contributed by atoms with Gasteiger partial charge in [0.2, 0.25) is 5.96 Å². The molecule has 0 atom stereocenters. The lowest BCUT2D eigenvalue weighted by atomic mass is 10.2. The van der Waals surface area contributed by atoms with Gasteiger partial charge in [0.05, 0.1) is 9.80 Å². The quantitative estimate of drug-likeness (QED) is 0.139. The third-order valence-electron chi connectivity index (χ3n) is 4.29. The van der Waals surface area contributed by atoms with Crippen LogP contribution in [0.2, 0.25) is 5.02 Å². The molecule has 9 nitrogen and oxygen atoms in total. The van der Waals surface area contributed by atoms with Gasteiger partial charge in [-0.05, 0) is 36.2 Å². The highest BCUT2D eigenvalue weighted by Crippen LogP contribution is 2.34. The topological polar surface area (TPSA) is 126 Å². The maximum absolute atomic E-state index is 13.2. The molecule has 178 valence electrons. The molecule has 2 aromatic carbocycles. The van der Waals surface area contributed by atoms with Gasteiger partial charge in [0.15, 0.2) is 0 Å². The summed E-state index contributed by atoms with van der Waals surface area (Å²) < 4.78 is 30.3. The summed E-state index contributed by atoms with van der Waals surface area (Å²) in [5.74, 6) is 0.314. The van der Waals surface area contributed by atoms with Gasteiger partial charge >= 0.3 is 5.00 Å². The molecular formula is C21H20ClN5O4S3. The largest absolute Gasteiger partial charge is 0.324 e. The van der Waals surface area contributed by atoms with Crippen molar-refractivity contribution in [1.82, 2.24) is 10.9 Å². The Labute approximate surface area is 210 Å². The molecule has 0 radical (unpaired) electrons. The zero-order chi connectivity index (χ0) is 24.7. The minimum absolute atomic E-state index is 0.00713. The van der Waals surface area contributed by atoms with Crippen molar-refractivity contribution in [3.8, 4) is 0 Å². The standard InChI is InChI=1S/C21H20ClN5O4S3/c1-14-10-19(18(11-17(14)22)32-13-15-6-4-3-5-7-15)34(30,31)26-21(25-23-2)24-12-16-8-9-20(33-16)27(28)29/h3-12,23H,13H2,1-2H3,(H,25,26)/b24-12+. The third kappa shape index (κ3) is 6.87. The smallest absolute Gasteiger partial charge is 0.289 e. The number of nitrogens with one attached hydrogen (secondary N) is 2. The number of hydrogen-bond acceptors (Lipinski definition) is 7. The molecule has 3 rings (SSSR count). The fraction of sp³-hybridized carbons (Fsp3) is 0.143. The van der Waals surface area contributed by atoms with E-state index in [0.717, 1.165) is 16.9 Å². The minimum Gasteiger partial charge on any atom is -0.289 e. The van der Waals surface area contributed by atoms with E-state index < -0.39 is 14.9 Å². The monoisotopic (exact) mass is 537 g/mol. The zero-order valence-corrected chi connectivity index (χ0v) is 21.3. The minimum atomic E-state index is -4.18. The van der Waals surface area contributed by atoms with Crippen LogP contribution < -0.4 is 10.9 Å². The number of hydrazine groups is 1. The summed E-state index contributed by atoms with van der Waals surface area (Å²) in [4.78, 5) is 15.3. The number of benzene rings is 2. The summed E-state index contributed by atoms with van der Waals surface area (Å²) in [6, 6.07) is 15.6. The number of guanidine groups is 1. The third-order valence-corrected chi connectivity index (χ3v) is 8.23. The van der Waals surface area contributed by atoms with Crippen LogP contribution in [0.15, 0.2) is 73.8 Å². The number of halogens is 1. The van der Waals surface area contributed by atoms with Gasteiger partial charge in [-0.3, -0.25) is 15.5 Å². The molecule has 0 amide bonds. The van der Waals surface area contributed by atoms with Crippen molar-refractivity contribution in [3.05, 3.63) is 85.7 Å². The molecule has 0 aliphatic rings. The number of nitro groups is 1. The molecule has 0 aliphatic carbocycles. The molecule has 0 bridgehead atoms. The molecule has 13 heteroatoms. The lowest BCUT2D eigenvalue weighted by Crippen LogP contribution is -2.33. The van der Waals surface area contributed by atoms with E-state index in [-0.39, 0.29) is 15.9 Å². The highest BCUT2D eigenvalue weighted by molar-refractivity contribution is 7.99. The van der Waals surface area contributed by atoms with E-state index in [1.807, 2.05) is 30.3 Å². The lowest BCUT2D eigenvalue weighted by Gasteiger charge is -2.11. The van der Waals surface area contributed by atoms with Gasteiger partial charge in [0.1, 0.15) is 4.90 Å². The molecule has 0 saturated carbocycles. The van der Waals surface area contributed by atoms with E-state index in [0.29, 0.717) is 26.1 Å². The van der Waals surface area contributed by atoms with Crippen LogP contribution in [0.5, 0.6) is 0 Å². The van der Waals surface area contributed by atoms with E-state index in [4.69, 9.17) is 11.6 Å². The molecule has 0 unspecified atom stereocenters. The molecule has 1 heterocycles. The van der Waals surface area contributed by atoms with Gasteiger partial charge in [0.25, 0.3) is 10.0 Å². The van der Waals surface area contributed by atoms with Crippen molar-refractivity contribution in [2.24, 2.45) is 9.39 Å². The number of thiophene rings is 1. The first-order valence-electron chi connectivity index (χ1n) is 9.72. The Bertz CT molecular complexity index is 1340. The fourth-order valence-corrected chi connectivity index (χ4v) is 6.06. The van der Waals surface area contributed by atoms with E-state index in [1.54, 1.807) is 13.0 Å². The molecule has 34 heavy (non-hydrogen) atoms. The van der Waals surface area contributed by atoms with Crippen molar-refractivity contribution >= 4 is 61.9 Å². The summed E-state index contributed by atoms with van der Waals surface area (Å²) in [5.41, 5.74) is 6.79. The number of hydrogen-bond donors (Lipinski definition) is 2. The Morgan fingerprint density at radius 1 is 1.24 bits per heavy atom. The predicted molar refractivity (Wildman–Crippen MR) is 138 cm³/mol. The zero-order valence-electron chi connectivity index (χ0n) is 18.1. The van der Waals surface area contributed by atoms with Crippen molar-refractivity contribution in [1.29, 1.82) is 0 Å². The van der Waals surface area contributed by atoms with E-state index >= 15 is 0 Å². The van der Waals surface area contributed by atoms with Crippen LogP contribution in [0, 0.1) is 17.0 Å². The second kappa shape index (κ2) is 11.6. The molecular weight excluding hydrogens is 518 g/mol. The highest BCUT2D eigenvalue weighted by atomic mass is 35.5. The van der Waals surface area contributed by atoms with Gasteiger partial charge in [-0.15, -0.1) is 16.2 Å². The second-order valence-electron chi connectivity index (χ2n) is 6.78. The molecule has 2 N–H and O–H groups in total. The Balaban J connectivity index is 1.94. The Kier molecular flexibility index (Phi) is 8.80. The summed E-state index contributed by atoms with van der Waals surface area (Å²) in [6.07, 6.45) is 1.30. The van der Waals surface area contributed by atoms with Crippen LogP contribution >= 0.6 is 34.7 Å². The Morgan fingerprint density at radius 3 is 2.62 bits per heavy atom. The lowest BCUT2D eigenvalue weighted by molar-refractivity contribution is -0.380. The average Bonchev–Trinajstić information content (AvgIpc) is 3.28. The molecule has 3 aromatic rings. The number of thioether (sulfide) groups is 1. The second-order valence-corrected chi connectivity index (χ2v) is 10.9. The first-order chi connectivity index (χ1) is 16.2. The fourth-order valence-electron chi connectivity index (χ4n) is 2.67. The predicted octanol–water partition coefficient (Wildman–Crippen LogP) is 4.80. The number of rotatable bonds is 8. The number of aryl methyl sites for hydroxylation is 1. The van der Waals surface area contributed by atoms with Gasteiger partial charge in [0, 0.05) is 35.0 Å². The Morgan fingerprint density at radius 2 is 1.97 bits per heavy atom. The first-order valence-corrected chi connectivity index (χ1v) is 13.3. The van der Waals surface area contributed by atoms with Gasteiger partial charge < -0.3 is 0 Å². The molecule has 1 aromatic heterocycles. The van der Waals surface area contributed by atoms with Crippen molar-refractivity contribution < 1.29 is 13.3 Å². The van der Waals surface area contributed by atoms with E-state index in [9.17, 15) is 18.5 Å². The van der Waals surface area contributed by atoms with Gasteiger partial charge in [-0.25, -0.2) is 10.4 Å². The number of aliphatic imine (C=N–C) groups is 1. The van der Waals surface area contributed by atoms with Crippen LogP contribution in [-0.2, 0) is 15.8 Å². The van der Waals surface area contributed by atoms with Crippen molar-refractivity contribution in [2.75, 3.05) is 7.05 Å². The molecule has 0 aliphatic heterocycles. The van der Waals surface area contributed by atoms with E-state index in [2.05, 4.69) is 20.2 Å². The van der Waals surface area contributed by atoms with Gasteiger partial charge in [-0.1, -0.05) is 53.3 Å². The van der Waals surface area contributed by atoms with Crippen molar-refractivity contribution in [2.45, 2.75) is 22.5 Å². The SMILES string of the molecule is CNNC(=N\S(=O)(=O)c1cc(C)c(Cl)cc1SCc1ccccc1)/N=C/c1ccc([N+](=O)[O-])s1. The highest BCUT2D eigenvalue weighted by Gasteiger charge is 2.21. The molecule has 0 fully saturated rings. The maximum atomic E-state index is 13.2. The number of sulfonamides is 1. The van der Waals surface area contributed by atoms with Crippen LogP contribution in [0.25, 0.3) is 0 Å². The summed E-state index contributed by atoms with van der Waals surface area (Å²) in [5, 5.41) is 11.3.